The first-order valence-electron chi connectivity index (χ1n) is 12.2. The molecule has 0 radical (unpaired) electrons. The van der Waals surface area contributed by atoms with Crippen LogP contribution in [-0.2, 0) is 9.59 Å². The number of thiophene rings is 1. The van der Waals surface area contributed by atoms with E-state index in [1.165, 1.54) is 21.1 Å². The smallest absolute Gasteiger partial charge is 0.270 e. The van der Waals surface area contributed by atoms with Crippen molar-refractivity contribution in [1.82, 2.24) is 4.57 Å². The molecule has 3 heterocycles. The van der Waals surface area contributed by atoms with E-state index in [2.05, 4.69) is 6.07 Å². The Bertz CT molecular complexity index is 1800. The summed E-state index contributed by atoms with van der Waals surface area (Å²) in [7, 11) is 0. The Kier molecular flexibility index (Phi) is 7.42. The maximum absolute atomic E-state index is 14.0. The zero-order chi connectivity index (χ0) is 28.9. The number of hydrogen-bond donors (Lipinski definition) is 0. The number of carbonyl (C=O) groups excluding carboxylic acids is 2. The number of hydrogen-bond acceptors (Lipinski definition) is 5. The molecule has 2 amide bonds. The van der Waals surface area contributed by atoms with Gasteiger partial charge in [-0.25, -0.2) is 0 Å². The third kappa shape index (κ3) is 4.45. The molecule has 6 nitrogen and oxygen atoms in total. The van der Waals surface area contributed by atoms with Crippen molar-refractivity contribution in [2.75, 3.05) is 9.80 Å². The summed E-state index contributed by atoms with van der Waals surface area (Å²) in [5, 5.41) is 11.0. The highest BCUT2D eigenvalue weighted by atomic mass is 35.5. The molecule has 200 valence electrons. The van der Waals surface area contributed by atoms with Crippen LogP contribution in [0.4, 0.5) is 11.4 Å². The predicted molar refractivity (Wildman–Crippen MR) is 166 cm³/mol. The summed E-state index contributed by atoms with van der Waals surface area (Å²) >= 11 is 20.0. The van der Waals surface area contributed by atoms with Crippen LogP contribution in [0.3, 0.4) is 0 Å². The van der Waals surface area contributed by atoms with Gasteiger partial charge < -0.3 is 4.57 Å². The fourth-order valence-electron chi connectivity index (χ4n) is 4.71. The maximum atomic E-state index is 14.0. The Morgan fingerprint density at radius 2 is 1.62 bits per heavy atom. The van der Waals surface area contributed by atoms with E-state index in [0.29, 0.717) is 16.8 Å². The summed E-state index contributed by atoms with van der Waals surface area (Å²) in [6, 6.07) is 18.0. The molecule has 4 aromatic rings. The Morgan fingerprint density at radius 1 is 0.950 bits per heavy atom. The van der Waals surface area contributed by atoms with Gasteiger partial charge in [0.25, 0.3) is 11.8 Å². The summed E-state index contributed by atoms with van der Waals surface area (Å²) in [6.45, 7) is 7.74. The second-order valence-corrected chi connectivity index (χ2v) is 11.6. The Balaban J connectivity index is 1.70. The molecule has 2 aromatic heterocycles. The highest BCUT2D eigenvalue weighted by molar-refractivity contribution is 7.81. The van der Waals surface area contributed by atoms with E-state index in [4.69, 9.17) is 35.4 Å². The molecule has 10 heteroatoms. The fourth-order valence-corrected chi connectivity index (χ4v) is 6.68. The first-order valence-corrected chi connectivity index (χ1v) is 14.2. The normalized spacial score (nSPS) is 14.8. The average Bonchev–Trinajstić information content (AvgIpc) is 3.37. The third-order valence-electron chi connectivity index (χ3n) is 6.89. The van der Waals surface area contributed by atoms with Gasteiger partial charge in [-0.15, -0.1) is 11.3 Å². The number of rotatable bonds is 4. The number of carbonyl (C=O) groups is 2. The number of anilines is 2. The topological polar surface area (TPSA) is 69.3 Å². The summed E-state index contributed by atoms with van der Waals surface area (Å²) < 4.78 is 1.98. The summed E-state index contributed by atoms with van der Waals surface area (Å²) in [5.41, 5.74) is 4.56. The largest absolute Gasteiger partial charge is 0.308 e. The molecular formula is C30H22Cl2N4O2S2. The Labute approximate surface area is 251 Å². The number of halogens is 2. The van der Waals surface area contributed by atoms with Crippen LogP contribution in [0.2, 0.25) is 10.0 Å². The SMILES string of the molecule is Cc1sc(-n2c(C)cc(/C=C3/C(=O)N(c4ccccc4)C(=S)N(c4cccc(Cl)c4Cl)C3=O)c2C)c(C#N)c1C. The molecule has 40 heavy (non-hydrogen) atoms. The molecule has 0 N–H and O–H groups in total. The van der Waals surface area contributed by atoms with Crippen LogP contribution in [0, 0.1) is 39.0 Å². The summed E-state index contributed by atoms with van der Waals surface area (Å²) in [4.78, 5) is 31.5. The summed E-state index contributed by atoms with van der Waals surface area (Å²) in [6.07, 6.45) is 1.58. The number of para-hydroxylation sites is 1. The number of nitriles is 1. The van der Waals surface area contributed by atoms with E-state index in [-0.39, 0.29) is 26.4 Å². The second kappa shape index (κ2) is 10.7. The van der Waals surface area contributed by atoms with Gasteiger partial charge in [0.15, 0.2) is 5.11 Å². The predicted octanol–water partition coefficient (Wildman–Crippen LogP) is 7.70. The van der Waals surface area contributed by atoms with Crippen molar-refractivity contribution in [3.05, 3.63) is 103 Å². The molecule has 1 aliphatic rings. The fraction of sp³-hybridized carbons (Fsp3) is 0.133. The van der Waals surface area contributed by atoms with E-state index in [0.717, 1.165) is 26.8 Å². The van der Waals surface area contributed by atoms with Gasteiger partial charge in [0.2, 0.25) is 0 Å². The lowest BCUT2D eigenvalue weighted by molar-refractivity contribution is -0.120. The Hall–Kier alpha value is -3.74. The van der Waals surface area contributed by atoms with Crippen molar-refractivity contribution in [1.29, 1.82) is 5.26 Å². The van der Waals surface area contributed by atoms with Crippen molar-refractivity contribution in [3.63, 3.8) is 0 Å². The van der Waals surface area contributed by atoms with Crippen LogP contribution in [-0.4, -0.2) is 21.5 Å². The zero-order valence-electron chi connectivity index (χ0n) is 22.0. The van der Waals surface area contributed by atoms with Gasteiger partial charge in [-0.05, 0) is 87.4 Å². The highest BCUT2D eigenvalue weighted by Crippen LogP contribution is 2.38. The molecule has 0 saturated carbocycles. The molecule has 0 aliphatic carbocycles. The highest BCUT2D eigenvalue weighted by Gasteiger charge is 2.42. The van der Waals surface area contributed by atoms with Gasteiger partial charge in [0.05, 0.1) is 27.0 Å². The number of benzene rings is 2. The average molecular weight is 606 g/mol. The van der Waals surface area contributed by atoms with Crippen LogP contribution in [0.1, 0.15) is 33.0 Å². The quantitative estimate of drug-likeness (QED) is 0.136. The third-order valence-corrected chi connectivity index (χ3v) is 9.25. The van der Waals surface area contributed by atoms with Crippen molar-refractivity contribution >= 4 is 81.1 Å². The molecule has 1 fully saturated rings. The van der Waals surface area contributed by atoms with Gasteiger partial charge in [0.1, 0.15) is 16.6 Å². The first-order chi connectivity index (χ1) is 19.1. The molecule has 0 spiro atoms. The molecule has 0 atom stereocenters. The van der Waals surface area contributed by atoms with Gasteiger partial charge >= 0.3 is 0 Å². The van der Waals surface area contributed by atoms with Crippen molar-refractivity contribution < 1.29 is 9.59 Å². The molecule has 1 saturated heterocycles. The van der Waals surface area contributed by atoms with Crippen molar-refractivity contribution in [3.8, 4) is 11.1 Å². The lowest BCUT2D eigenvalue weighted by atomic mass is 10.0. The molecule has 2 aromatic carbocycles. The number of aryl methyl sites for hydroxylation is 2. The summed E-state index contributed by atoms with van der Waals surface area (Å²) in [5.74, 6) is -1.17. The lowest BCUT2D eigenvalue weighted by Crippen LogP contribution is -2.57. The van der Waals surface area contributed by atoms with Crippen molar-refractivity contribution in [2.45, 2.75) is 27.7 Å². The van der Waals surface area contributed by atoms with E-state index >= 15 is 0 Å². The molecule has 1 aliphatic heterocycles. The van der Waals surface area contributed by atoms with E-state index in [9.17, 15) is 14.9 Å². The minimum atomic E-state index is -0.614. The standard InChI is InChI=1S/C30H22Cl2N4O2S2/c1-16-13-20(18(3)34(16)29-23(15-33)17(2)19(4)40-29)14-22-27(37)35(21-9-6-5-7-10-21)30(39)36(28(22)38)25-12-8-11-24(31)26(25)32/h5-14H,1-4H3/b22-14-. The monoisotopic (exact) mass is 604 g/mol. The van der Waals surface area contributed by atoms with Gasteiger partial charge in [-0.2, -0.15) is 5.26 Å². The van der Waals surface area contributed by atoms with Crippen LogP contribution < -0.4 is 9.80 Å². The number of aromatic nitrogens is 1. The number of thiocarbonyl (C=S) groups is 1. The second-order valence-electron chi connectivity index (χ2n) is 9.27. The molecule has 0 bridgehead atoms. The van der Waals surface area contributed by atoms with Gasteiger partial charge in [0, 0.05) is 16.3 Å². The molecular weight excluding hydrogens is 583 g/mol. The number of amides is 2. The lowest BCUT2D eigenvalue weighted by Gasteiger charge is -2.37. The number of nitrogens with zero attached hydrogens (tertiary/aromatic N) is 4. The minimum absolute atomic E-state index is 0.0313. The van der Waals surface area contributed by atoms with Crippen LogP contribution in [0.15, 0.2) is 60.2 Å². The first kappa shape index (κ1) is 27.8. The zero-order valence-corrected chi connectivity index (χ0v) is 25.1. The van der Waals surface area contributed by atoms with E-state index < -0.39 is 11.8 Å². The van der Waals surface area contributed by atoms with Gasteiger partial charge in [-0.1, -0.05) is 47.5 Å². The van der Waals surface area contributed by atoms with Crippen LogP contribution in [0.25, 0.3) is 11.1 Å². The van der Waals surface area contributed by atoms with Crippen LogP contribution in [0.5, 0.6) is 0 Å². The van der Waals surface area contributed by atoms with E-state index in [1.807, 2.05) is 44.4 Å². The maximum Gasteiger partial charge on any atom is 0.270 e. The van der Waals surface area contributed by atoms with Crippen molar-refractivity contribution in [2.24, 2.45) is 0 Å². The van der Waals surface area contributed by atoms with Crippen LogP contribution >= 0.6 is 46.8 Å². The van der Waals surface area contributed by atoms with Gasteiger partial charge in [-0.3, -0.25) is 19.4 Å². The molecule has 5 rings (SSSR count). The van der Waals surface area contributed by atoms with E-state index in [1.54, 1.807) is 48.5 Å². The molecule has 0 unspecified atom stereocenters. The Morgan fingerprint density at radius 3 is 2.30 bits per heavy atom. The minimum Gasteiger partial charge on any atom is -0.308 e.